The van der Waals surface area contributed by atoms with Crippen molar-refractivity contribution in [3.8, 4) is 11.1 Å². The van der Waals surface area contributed by atoms with Crippen molar-refractivity contribution >= 4 is 45.8 Å². The van der Waals surface area contributed by atoms with E-state index in [4.69, 9.17) is 17.3 Å². The van der Waals surface area contributed by atoms with Crippen molar-refractivity contribution in [2.75, 3.05) is 18.0 Å². The Kier molecular flexibility index (Phi) is 6.64. The van der Waals surface area contributed by atoms with Crippen molar-refractivity contribution in [3.63, 3.8) is 0 Å². The van der Waals surface area contributed by atoms with E-state index in [-0.39, 0.29) is 5.91 Å². The SMILES string of the molecule is NC(=O)c1ccc(N2CCC(C(I)c3ccccc3-c3ccc(Cl)cc3)CC2)cc1. The van der Waals surface area contributed by atoms with Gasteiger partial charge < -0.3 is 10.6 Å². The van der Waals surface area contributed by atoms with Gasteiger partial charge in [-0.1, -0.05) is 70.6 Å². The van der Waals surface area contributed by atoms with E-state index in [0.29, 0.717) is 15.4 Å². The third-order valence-corrected chi connectivity index (χ3v) is 7.82. The largest absolute Gasteiger partial charge is 0.372 e. The van der Waals surface area contributed by atoms with Gasteiger partial charge in [0.15, 0.2) is 0 Å². The Bertz CT molecular complexity index is 1010. The van der Waals surface area contributed by atoms with E-state index in [0.717, 1.165) is 36.6 Å². The van der Waals surface area contributed by atoms with E-state index >= 15 is 0 Å². The molecule has 1 saturated heterocycles. The molecule has 2 N–H and O–H groups in total. The van der Waals surface area contributed by atoms with Gasteiger partial charge in [0.05, 0.1) is 0 Å². The third-order valence-electron chi connectivity index (χ3n) is 5.88. The molecule has 3 aromatic carbocycles. The lowest BCUT2D eigenvalue weighted by Crippen LogP contribution is -2.34. The Morgan fingerprint density at radius 3 is 2.23 bits per heavy atom. The van der Waals surface area contributed by atoms with Gasteiger partial charge in [-0.3, -0.25) is 4.79 Å². The average Bonchev–Trinajstić information content (AvgIpc) is 2.79. The lowest BCUT2D eigenvalue weighted by molar-refractivity contribution is 0.100. The summed E-state index contributed by atoms with van der Waals surface area (Å²) in [5.41, 5.74) is 11.0. The number of hydrogen-bond acceptors (Lipinski definition) is 2. The molecule has 1 atom stereocenters. The second kappa shape index (κ2) is 9.40. The molecule has 1 fully saturated rings. The molecule has 1 amide bonds. The molecule has 0 aromatic heterocycles. The minimum Gasteiger partial charge on any atom is -0.372 e. The summed E-state index contributed by atoms with van der Waals surface area (Å²) in [6, 6.07) is 24.4. The Balaban J connectivity index is 1.46. The summed E-state index contributed by atoms with van der Waals surface area (Å²) in [5.74, 6) is 0.243. The molecule has 4 rings (SSSR count). The number of rotatable bonds is 5. The smallest absolute Gasteiger partial charge is 0.248 e. The van der Waals surface area contributed by atoms with E-state index in [1.54, 1.807) is 0 Å². The van der Waals surface area contributed by atoms with Crippen molar-refractivity contribution < 1.29 is 4.79 Å². The predicted octanol–water partition coefficient (Wildman–Crippen LogP) is 6.50. The fourth-order valence-electron chi connectivity index (χ4n) is 4.17. The molecule has 0 aliphatic carbocycles. The molecule has 154 valence electrons. The first-order valence-corrected chi connectivity index (χ1v) is 11.8. The Hall–Kier alpha value is -2.05. The molecule has 0 saturated carbocycles. The fourth-order valence-corrected chi connectivity index (χ4v) is 5.56. The van der Waals surface area contributed by atoms with Gasteiger partial charge in [0.1, 0.15) is 0 Å². The topological polar surface area (TPSA) is 46.3 Å². The van der Waals surface area contributed by atoms with Crippen LogP contribution < -0.4 is 10.6 Å². The maximum atomic E-state index is 11.3. The van der Waals surface area contributed by atoms with Gasteiger partial charge in [-0.05, 0) is 71.8 Å². The molecule has 0 spiro atoms. The number of carbonyl (C=O) groups is 1. The van der Waals surface area contributed by atoms with Crippen LogP contribution in [-0.4, -0.2) is 19.0 Å². The number of nitrogens with zero attached hydrogens (tertiary/aromatic N) is 1. The number of amides is 1. The highest BCUT2D eigenvalue weighted by atomic mass is 127. The Labute approximate surface area is 196 Å². The highest BCUT2D eigenvalue weighted by molar-refractivity contribution is 14.1. The number of anilines is 1. The van der Waals surface area contributed by atoms with Crippen LogP contribution in [-0.2, 0) is 0 Å². The van der Waals surface area contributed by atoms with Crippen LogP contribution in [0.3, 0.4) is 0 Å². The van der Waals surface area contributed by atoms with Crippen LogP contribution in [0.15, 0.2) is 72.8 Å². The van der Waals surface area contributed by atoms with Crippen LogP contribution in [0.2, 0.25) is 5.02 Å². The molecule has 1 heterocycles. The lowest BCUT2D eigenvalue weighted by Gasteiger charge is -2.36. The number of primary amides is 1. The predicted molar refractivity (Wildman–Crippen MR) is 134 cm³/mol. The zero-order valence-electron chi connectivity index (χ0n) is 16.6. The van der Waals surface area contributed by atoms with Gasteiger partial charge in [-0.25, -0.2) is 0 Å². The Morgan fingerprint density at radius 1 is 0.967 bits per heavy atom. The van der Waals surface area contributed by atoms with Gasteiger partial charge in [0.2, 0.25) is 5.91 Å². The second-order valence-electron chi connectivity index (χ2n) is 7.73. The molecule has 3 aromatic rings. The number of halogens is 2. The molecule has 5 heteroatoms. The van der Waals surface area contributed by atoms with E-state index in [9.17, 15) is 4.79 Å². The van der Waals surface area contributed by atoms with E-state index < -0.39 is 0 Å². The highest BCUT2D eigenvalue weighted by Crippen LogP contribution is 2.42. The maximum absolute atomic E-state index is 11.3. The van der Waals surface area contributed by atoms with Crippen molar-refractivity contribution in [1.29, 1.82) is 0 Å². The number of hydrogen-bond donors (Lipinski definition) is 1. The monoisotopic (exact) mass is 530 g/mol. The van der Waals surface area contributed by atoms with Gasteiger partial charge in [0, 0.05) is 33.3 Å². The summed E-state index contributed by atoms with van der Waals surface area (Å²) in [5, 5.41) is 0.762. The summed E-state index contributed by atoms with van der Waals surface area (Å²) >= 11 is 8.71. The third kappa shape index (κ3) is 4.65. The zero-order valence-corrected chi connectivity index (χ0v) is 19.5. The van der Waals surface area contributed by atoms with Crippen molar-refractivity contribution in [2.45, 2.75) is 16.8 Å². The van der Waals surface area contributed by atoms with E-state index in [1.165, 1.54) is 16.7 Å². The highest BCUT2D eigenvalue weighted by Gasteiger charge is 2.27. The van der Waals surface area contributed by atoms with Gasteiger partial charge >= 0.3 is 0 Å². The van der Waals surface area contributed by atoms with Gasteiger partial charge in [0.25, 0.3) is 0 Å². The standard InChI is InChI=1S/C25H24ClIN2O/c26-20-9-5-17(6-10-20)22-3-1-2-4-23(22)24(27)18-13-15-29(16-14-18)21-11-7-19(8-12-21)25(28)30/h1-12,18,24H,13-16H2,(H2,28,30). The molecular formula is C25H24ClIN2O. The van der Waals surface area contributed by atoms with Crippen molar-refractivity contribution in [3.05, 3.63) is 88.9 Å². The second-order valence-corrected chi connectivity index (χ2v) is 9.51. The van der Waals surface area contributed by atoms with Crippen LogP contribution in [0, 0.1) is 5.92 Å². The van der Waals surface area contributed by atoms with Crippen LogP contribution in [0.1, 0.15) is 32.7 Å². The van der Waals surface area contributed by atoms with E-state index in [1.807, 2.05) is 36.4 Å². The number of piperidine rings is 1. The minimum atomic E-state index is -0.382. The zero-order chi connectivity index (χ0) is 21.1. The van der Waals surface area contributed by atoms with Gasteiger partial charge in [-0.2, -0.15) is 0 Å². The number of nitrogens with two attached hydrogens (primary N) is 1. The number of benzene rings is 3. The molecule has 0 bridgehead atoms. The van der Waals surface area contributed by atoms with Crippen molar-refractivity contribution in [1.82, 2.24) is 0 Å². The first-order valence-electron chi connectivity index (χ1n) is 10.2. The Morgan fingerprint density at radius 2 is 1.60 bits per heavy atom. The maximum Gasteiger partial charge on any atom is 0.248 e. The van der Waals surface area contributed by atoms with Crippen LogP contribution in [0.5, 0.6) is 0 Å². The summed E-state index contributed by atoms with van der Waals surface area (Å²) < 4.78 is 0.453. The number of alkyl halides is 1. The van der Waals surface area contributed by atoms with Crippen molar-refractivity contribution in [2.24, 2.45) is 11.7 Å². The average molecular weight is 531 g/mol. The molecule has 0 radical (unpaired) electrons. The molecule has 1 aliphatic heterocycles. The normalized spacial score (nSPS) is 15.7. The summed E-state index contributed by atoms with van der Waals surface area (Å²) in [4.78, 5) is 13.7. The fraction of sp³-hybridized carbons (Fsp3) is 0.240. The summed E-state index contributed by atoms with van der Waals surface area (Å²) in [6.07, 6.45) is 2.28. The summed E-state index contributed by atoms with van der Waals surface area (Å²) in [7, 11) is 0. The van der Waals surface area contributed by atoms with E-state index in [2.05, 4.69) is 63.9 Å². The first kappa shape index (κ1) is 21.2. The van der Waals surface area contributed by atoms with Crippen LogP contribution >= 0.6 is 34.2 Å². The van der Waals surface area contributed by atoms with Crippen LogP contribution in [0.4, 0.5) is 5.69 Å². The molecule has 3 nitrogen and oxygen atoms in total. The molecule has 1 unspecified atom stereocenters. The lowest BCUT2D eigenvalue weighted by atomic mass is 9.86. The minimum absolute atomic E-state index is 0.382. The number of carbonyl (C=O) groups excluding carboxylic acids is 1. The van der Waals surface area contributed by atoms with Gasteiger partial charge in [-0.15, -0.1) is 0 Å². The summed E-state index contributed by atoms with van der Waals surface area (Å²) in [6.45, 7) is 2.03. The molecule has 1 aliphatic rings. The molecular weight excluding hydrogens is 507 g/mol. The quantitative estimate of drug-likeness (QED) is 0.302. The first-order chi connectivity index (χ1) is 14.5. The molecule has 30 heavy (non-hydrogen) atoms. The van der Waals surface area contributed by atoms with Crippen LogP contribution in [0.25, 0.3) is 11.1 Å².